The highest BCUT2D eigenvalue weighted by Gasteiger charge is 2.40. The Bertz CT molecular complexity index is 1340. The van der Waals surface area contributed by atoms with Crippen LogP contribution in [0.1, 0.15) is 24.0 Å². The molecule has 4 rings (SSSR count). The van der Waals surface area contributed by atoms with E-state index in [4.69, 9.17) is 16.3 Å². The van der Waals surface area contributed by atoms with Gasteiger partial charge in [0.05, 0.1) is 21.2 Å². The fourth-order valence-electron chi connectivity index (χ4n) is 3.99. The number of hydrogen-bond acceptors (Lipinski definition) is 6. The molecule has 1 fully saturated rings. The molecular formula is C21H24ClN3O4S3. The van der Waals surface area contributed by atoms with Gasteiger partial charge in [-0.25, -0.2) is 8.42 Å². The topological polar surface area (TPSA) is 81.0 Å². The largest absolute Gasteiger partial charge is 0.383 e. The SMILES string of the molecule is COCCn1c(=NC(=O)C2CCCN2S(=O)(=O)c2ccc(Cl)s2)sc2c(C)cc(C)cc21. The molecular weight excluding hydrogens is 490 g/mol. The number of nitrogens with zero attached hydrogens (tertiary/aromatic N) is 3. The molecule has 0 bridgehead atoms. The number of aryl methyl sites for hydroxylation is 2. The lowest BCUT2D eigenvalue weighted by atomic mass is 10.1. The van der Waals surface area contributed by atoms with Gasteiger partial charge in [0.1, 0.15) is 10.3 Å². The Morgan fingerprint density at radius 1 is 1.28 bits per heavy atom. The number of carbonyl (C=O) groups excluding carboxylic acids is 1. The van der Waals surface area contributed by atoms with Crippen molar-refractivity contribution in [2.45, 2.75) is 43.5 Å². The highest BCUT2D eigenvalue weighted by molar-refractivity contribution is 7.91. The summed E-state index contributed by atoms with van der Waals surface area (Å²) in [6.07, 6.45) is 1.06. The number of fused-ring (bicyclic) bond motifs is 1. The quantitative estimate of drug-likeness (QED) is 0.499. The molecule has 0 radical (unpaired) electrons. The summed E-state index contributed by atoms with van der Waals surface area (Å²) in [6.45, 7) is 5.38. The summed E-state index contributed by atoms with van der Waals surface area (Å²) in [6, 6.07) is 6.39. The van der Waals surface area contributed by atoms with E-state index in [-0.39, 0.29) is 10.8 Å². The normalized spacial score (nSPS) is 18.1. The summed E-state index contributed by atoms with van der Waals surface area (Å²) in [5, 5.41) is 0. The van der Waals surface area contributed by atoms with Crippen LogP contribution in [0.5, 0.6) is 0 Å². The Morgan fingerprint density at radius 3 is 2.75 bits per heavy atom. The summed E-state index contributed by atoms with van der Waals surface area (Å²) >= 11 is 8.38. The minimum atomic E-state index is -3.80. The molecule has 1 aliphatic heterocycles. The summed E-state index contributed by atoms with van der Waals surface area (Å²) in [5.74, 6) is -0.444. The lowest BCUT2D eigenvalue weighted by Crippen LogP contribution is -2.40. The second-order valence-electron chi connectivity index (χ2n) is 7.74. The molecule has 1 unspecified atom stereocenters. The fraction of sp³-hybridized carbons (Fsp3) is 0.429. The summed E-state index contributed by atoms with van der Waals surface area (Å²) in [7, 11) is -2.17. The van der Waals surface area contributed by atoms with E-state index in [1.54, 1.807) is 13.2 Å². The summed E-state index contributed by atoms with van der Waals surface area (Å²) in [5.41, 5.74) is 3.24. The molecule has 0 aliphatic carbocycles. The number of carbonyl (C=O) groups is 1. The molecule has 1 amide bonds. The summed E-state index contributed by atoms with van der Waals surface area (Å²) < 4.78 is 36.3. The number of thiazole rings is 1. The molecule has 0 saturated carbocycles. The third-order valence-corrected chi connectivity index (χ3v) is 10.3. The van der Waals surface area contributed by atoms with Crippen molar-refractivity contribution in [1.29, 1.82) is 0 Å². The van der Waals surface area contributed by atoms with Crippen LogP contribution in [0.15, 0.2) is 33.5 Å². The van der Waals surface area contributed by atoms with Crippen LogP contribution in [0.25, 0.3) is 10.2 Å². The van der Waals surface area contributed by atoms with Crippen molar-refractivity contribution in [3.63, 3.8) is 0 Å². The number of thiophene rings is 1. The highest BCUT2D eigenvalue weighted by atomic mass is 35.5. The predicted octanol–water partition coefficient (Wildman–Crippen LogP) is 3.96. The number of sulfonamides is 1. The zero-order valence-electron chi connectivity index (χ0n) is 18.0. The molecule has 1 aromatic carbocycles. The monoisotopic (exact) mass is 513 g/mol. The van der Waals surface area contributed by atoms with Crippen LogP contribution in [-0.4, -0.2) is 49.5 Å². The minimum Gasteiger partial charge on any atom is -0.383 e. The third kappa shape index (κ3) is 4.44. The van der Waals surface area contributed by atoms with E-state index in [0.717, 1.165) is 32.7 Å². The van der Waals surface area contributed by atoms with Gasteiger partial charge < -0.3 is 9.30 Å². The number of aromatic nitrogens is 1. The van der Waals surface area contributed by atoms with Gasteiger partial charge in [-0.05, 0) is 56.0 Å². The number of benzene rings is 1. The Labute approximate surface area is 200 Å². The van der Waals surface area contributed by atoms with E-state index in [1.807, 2.05) is 18.4 Å². The Morgan fingerprint density at radius 2 is 2.06 bits per heavy atom. The fourth-order valence-corrected chi connectivity index (χ4v) is 8.37. The molecule has 172 valence electrons. The first kappa shape index (κ1) is 23.6. The number of rotatable bonds is 6. The molecule has 0 N–H and O–H groups in total. The van der Waals surface area contributed by atoms with Crippen molar-refractivity contribution in [2.24, 2.45) is 4.99 Å². The van der Waals surface area contributed by atoms with Crippen molar-refractivity contribution < 1.29 is 17.9 Å². The Balaban J connectivity index is 1.75. The molecule has 32 heavy (non-hydrogen) atoms. The van der Waals surface area contributed by atoms with Crippen LogP contribution in [0.2, 0.25) is 4.34 Å². The van der Waals surface area contributed by atoms with E-state index >= 15 is 0 Å². The second kappa shape index (κ2) is 9.36. The van der Waals surface area contributed by atoms with Crippen molar-refractivity contribution in [3.05, 3.63) is 44.5 Å². The summed E-state index contributed by atoms with van der Waals surface area (Å²) in [4.78, 5) is 18.2. The van der Waals surface area contributed by atoms with E-state index in [0.29, 0.717) is 35.1 Å². The molecule has 1 aliphatic rings. The van der Waals surface area contributed by atoms with Gasteiger partial charge in [0.2, 0.25) is 0 Å². The van der Waals surface area contributed by atoms with Gasteiger partial charge in [-0.15, -0.1) is 11.3 Å². The molecule has 1 atom stereocenters. The van der Waals surface area contributed by atoms with Crippen molar-refractivity contribution in [2.75, 3.05) is 20.3 Å². The van der Waals surface area contributed by atoms with Crippen LogP contribution in [0, 0.1) is 13.8 Å². The maximum Gasteiger partial charge on any atom is 0.266 e. The number of halogens is 1. The minimum absolute atomic E-state index is 0.144. The zero-order chi connectivity index (χ0) is 23.0. The van der Waals surface area contributed by atoms with Crippen LogP contribution in [0.3, 0.4) is 0 Å². The first-order chi connectivity index (χ1) is 15.2. The maximum atomic E-state index is 13.2. The average molecular weight is 514 g/mol. The van der Waals surface area contributed by atoms with Gasteiger partial charge in [0.25, 0.3) is 15.9 Å². The number of hydrogen-bond donors (Lipinski definition) is 0. The van der Waals surface area contributed by atoms with Gasteiger partial charge in [-0.2, -0.15) is 9.30 Å². The Kier molecular flexibility index (Phi) is 6.90. The highest BCUT2D eigenvalue weighted by Crippen LogP contribution is 2.32. The van der Waals surface area contributed by atoms with Crippen molar-refractivity contribution in [3.8, 4) is 0 Å². The smallest absolute Gasteiger partial charge is 0.266 e. The van der Waals surface area contributed by atoms with Crippen LogP contribution < -0.4 is 4.80 Å². The molecule has 3 aromatic rings. The lowest BCUT2D eigenvalue weighted by Gasteiger charge is -2.20. The van der Waals surface area contributed by atoms with Gasteiger partial charge in [-0.3, -0.25) is 4.79 Å². The zero-order valence-corrected chi connectivity index (χ0v) is 21.2. The Hall–Kier alpha value is -1.56. The predicted molar refractivity (Wildman–Crippen MR) is 128 cm³/mol. The molecule has 3 heterocycles. The maximum absolute atomic E-state index is 13.2. The first-order valence-electron chi connectivity index (χ1n) is 10.2. The van der Waals surface area contributed by atoms with E-state index in [1.165, 1.54) is 21.7 Å². The van der Waals surface area contributed by atoms with Crippen LogP contribution in [0.4, 0.5) is 0 Å². The molecule has 0 spiro atoms. The third-order valence-electron chi connectivity index (χ3n) is 5.44. The van der Waals surface area contributed by atoms with E-state index in [9.17, 15) is 13.2 Å². The molecule has 2 aromatic heterocycles. The lowest BCUT2D eigenvalue weighted by molar-refractivity contribution is -0.121. The van der Waals surface area contributed by atoms with Crippen molar-refractivity contribution in [1.82, 2.24) is 8.87 Å². The van der Waals surface area contributed by atoms with Gasteiger partial charge in [0.15, 0.2) is 4.80 Å². The van der Waals surface area contributed by atoms with Crippen molar-refractivity contribution >= 4 is 60.4 Å². The van der Waals surface area contributed by atoms with Gasteiger partial charge in [0, 0.05) is 20.2 Å². The number of methoxy groups -OCH3 is 1. The standard InChI is InChI=1S/C21H24ClN3O4S3/c1-13-11-14(2)19-16(12-13)24(9-10-29-3)21(31-19)23-20(26)15-5-4-8-25(15)32(27,28)18-7-6-17(22)30-18/h6-7,11-12,15H,4-5,8-10H2,1-3H3. The average Bonchev–Trinajstić information content (AvgIpc) is 3.45. The van der Waals surface area contributed by atoms with Gasteiger partial charge in [-0.1, -0.05) is 29.0 Å². The van der Waals surface area contributed by atoms with Crippen LogP contribution in [-0.2, 0) is 26.1 Å². The number of ether oxygens (including phenoxy) is 1. The number of amides is 1. The van der Waals surface area contributed by atoms with Gasteiger partial charge >= 0.3 is 0 Å². The van der Waals surface area contributed by atoms with E-state index in [2.05, 4.69) is 17.1 Å². The van der Waals surface area contributed by atoms with E-state index < -0.39 is 22.0 Å². The molecule has 7 nitrogen and oxygen atoms in total. The first-order valence-corrected chi connectivity index (χ1v) is 13.6. The molecule has 1 saturated heterocycles. The van der Waals surface area contributed by atoms with Crippen LogP contribution >= 0.6 is 34.3 Å². The molecule has 11 heteroatoms. The second-order valence-corrected chi connectivity index (χ2v) is 12.6.